The van der Waals surface area contributed by atoms with Crippen LogP contribution in [0.3, 0.4) is 0 Å². The van der Waals surface area contributed by atoms with Gasteiger partial charge >= 0.3 is 0 Å². The van der Waals surface area contributed by atoms with Gasteiger partial charge in [0.25, 0.3) is 0 Å². The lowest BCUT2D eigenvalue weighted by molar-refractivity contribution is 0.537. The summed E-state index contributed by atoms with van der Waals surface area (Å²) in [6, 6.07) is 0. The van der Waals surface area contributed by atoms with E-state index in [0.29, 0.717) is 0 Å². The van der Waals surface area contributed by atoms with Gasteiger partial charge in [0, 0.05) is 5.25 Å². The summed E-state index contributed by atoms with van der Waals surface area (Å²) in [7, 11) is 0. The van der Waals surface area contributed by atoms with Gasteiger partial charge in [-0.3, -0.25) is 0 Å². The molecule has 1 unspecified atom stereocenters. The fraction of sp³-hybridized carbons (Fsp3) is 1.00. The third-order valence-electron chi connectivity index (χ3n) is 1.89. The van der Waals surface area contributed by atoms with Crippen molar-refractivity contribution in [1.82, 2.24) is 0 Å². The first-order valence-corrected chi connectivity index (χ1v) is 5.72. The minimum atomic E-state index is 0.794. The fourth-order valence-electron chi connectivity index (χ4n) is 1.09. The molecule has 0 aromatic carbocycles. The molecule has 0 heterocycles. The fourth-order valence-corrected chi connectivity index (χ4v) is 1.83. The standard InChI is InChI=1S/C9H21NS/c1-8(2)4-5-9(11-3)6-7-10/h8-9H,4-7,10H2,1-3H3. The lowest BCUT2D eigenvalue weighted by atomic mass is 10.1. The Labute approximate surface area is 75.1 Å². The van der Waals surface area contributed by atoms with Crippen LogP contribution in [-0.2, 0) is 0 Å². The zero-order valence-electron chi connectivity index (χ0n) is 7.97. The van der Waals surface area contributed by atoms with Crippen molar-refractivity contribution < 1.29 is 0 Å². The Bertz CT molecular complexity index is 83.6. The molecule has 0 amide bonds. The minimum Gasteiger partial charge on any atom is -0.330 e. The predicted molar refractivity (Wildman–Crippen MR) is 55.0 cm³/mol. The van der Waals surface area contributed by atoms with Crippen molar-refractivity contribution in [1.29, 1.82) is 0 Å². The van der Waals surface area contributed by atoms with Crippen LogP contribution >= 0.6 is 11.8 Å². The highest BCUT2D eigenvalue weighted by molar-refractivity contribution is 7.99. The normalized spacial score (nSPS) is 13.9. The van der Waals surface area contributed by atoms with Crippen LogP contribution < -0.4 is 5.73 Å². The van der Waals surface area contributed by atoms with Crippen LogP contribution in [0.4, 0.5) is 0 Å². The van der Waals surface area contributed by atoms with Gasteiger partial charge in [-0.2, -0.15) is 11.8 Å². The van der Waals surface area contributed by atoms with Crippen LogP contribution in [0, 0.1) is 5.92 Å². The molecular weight excluding hydrogens is 154 g/mol. The Kier molecular flexibility index (Phi) is 7.18. The second-order valence-corrected chi connectivity index (χ2v) is 4.54. The summed E-state index contributed by atoms with van der Waals surface area (Å²) >= 11 is 1.96. The van der Waals surface area contributed by atoms with Crippen molar-refractivity contribution in [3.8, 4) is 0 Å². The van der Waals surface area contributed by atoms with Gasteiger partial charge in [-0.1, -0.05) is 13.8 Å². The highest BCUT2D eigenvalue weighted by Gasteiger charge is 2.06. The number of hydrogen-bond acceptors (Lipinski definition) is 2. The van der Waals surface area contributed by atoms with E-state index in [1.807, 2.05) is 11.8 Å². The molecule has 1 atom stereocenters. The Hall–Kier alpha value is 0.310. The van der Waals surface area contributed by atoms with E-state index in [1.54, 1.807) is 0 Å². The molecule has 0 spiro atoms. The van der Waals surface area contributed by atoms with E-state index >= 15 is 0 Å². The third-order valence-corrected chi connectivity index (χ3v) is 3.03. The second kappa shape index (κ2) is 6.99. The van der Waals surface area contributed by atoms with Gasteiger partial charge in [-0.25, -0.2) is 0 Å². The van der Waals surface area contributed by atoms with Gasteiger partial charge in [0.1, 0.15) is 0 Å². The molecule has 0 aliphatic carbocycles. The van der Waals surface area contributed by atoms with Crippen LogP contribution in [-0.4, -0.2) is 18.1 Å². The quantitative estimate of drug-likeness (QED) is 0.671. The van der Waals surface area contributed by atoms with Crippen molar-refractivity contribution in [2.75, 3.05) is 12.8 Å². The van der Waals surface area contributed by atoms with Crippen molar-refractivity contribution in [3.05, 3.63) is 0 Å². The first kappa shape index (κ1) is 11.3. The van der Waals surface area contributed by atoms with Gasteiger partial charge < -0.3 is 5.73 Å². The zero-order chi connectivity index (χ0) is 8.69. The van der Waals surface area contributed by atoms with Gasteiger partial charge in [0.15, 0.2) is 0 Å². The Morgan fingerprint density at radius 3 is 2.18 bits per heavy atom. The molecule has 2 N–H and O–H groups in total. The van der Waals surface area contributed by atoms with E-state index in [4.69, 9.17) is 5.73 Å². The molecule has 68 valence electrons. The van der Waals surface area contributed by atoms with Crippen molar-refractivity contribution in [2.45, 2.75) is 38.4 Å². The SMILES string of the molecule is CSC(CCN)CCC(C)C. The number of thioether (sulfide) groups is 1. The molecule has 0 aromatic rings. The molecule has 0 rings (SSSR count). The molecular formula is C9H21NS. The van der Waals surface area contributed by atoms with Crippen LogP contribution in [0.15, 0.2) is 0 Å². The summed E-state index contributed by atoms with van der Waals surface area (Å²) in [5.41, 5.74) is 5.50. The van der Waals surface area contributed by atoms with Gasteiger partial charge in [0.2, 0.25) is 0 Å². The summed E-state index contributed by atoms with van der Waals surface area (Å²) < 4.78 is 0. The minimum absolute atomic E-state index is 0.794. The molecule has 0 aliphatic rings. The van der Waals surface area contributed by atoms with E-state index in [0.717, 1.165) is 17.7 Å². The van der Waals surface area contributed by atoms with Crippen LogP contribution in [0.5, 0.6) is 0 Å². The van der Waals surface area contributed by atoms with E-state index in [1.165, 1.54) is 19.3 Å². The van der Waals surface area contributed by atoms with Gasteiger partial charge in [-0.15, -0.1) is 0 Å². The van der Waals surface area contributed by atoms with E-state index in [2.05, 4.69) is 20.1 Å². The average molecular weight is 175 g/mol. The zero-order valence-corrected chi connectivity index (χ0v) is 8.79. The lowest BCUT2D eigenvalue weighted by Crippen LogP contribution is -2.11. The first-order chi connectivity index (χ1) is 5.20. The molecule has 0 radical (unpaired) electrons. The topological polar surface area (TPSA) is 26.0 Å². The monoisotopic (exact) mass is 175 g/mol. The average Bonchev–Trinajstić information content (AvgIpc) is 1.97. The highest BCUT2D eigenvalue weighted by atomic mass is 32.2. The molecule has 11 heavy (non-hydrogen) atoms. The lowest BCUT2D eigenvalue weighted by Gasteiger charge is -2.13. The van der Waals surface area contributed by atoms with E-state index in [-0.39, 0.29) is 0 Å². The van der Waals surface area contributed by atoms with Crippen LogP contribution in [0.2, 0.25) is 0 Å². The Morgan fingerprint density at radius 1 is 1.18 bits per heavy atom. The maximum absolute atomic E-state index is 5.50. The predicted octanol–water partition coefficient (Wildman–Crippen LogP) is 2.50. The smallest absolute Gasteiger partial charge is 0.00563 e. The maximum atomic E-state index is 5.50. The largest absolute Gasteiger partial charge is 0.330 e. The van der Waals surface area contributed by atoms with Crippen LogP contribution in [0.1, 0.15) is 33.1 Å². The van der Waals surface area contributed by atoms with E-state index < -0.39 is 0 Å². The first-order valence-electron chi connectivity index (χ1n) is 4.43. The molecule has 2 heteroatoms. The molecule has 0 fully saturated rings. The molecule has 0 aliphatic heterocycles. The summed E-state index contributed by atoms with van der Waals surface area (Å²) in [4.78, 5) is 0. The number of hydrogen-bond donors (Lipinski definition) is 1. The summed E-state index contributed by atoms with van der Waals surface area (Å²) in [6.07, 6.45) is 6.02. The molecule has 0 saturated heterocycles. The highest BCUT2D eigenvalue weighted by Crippen LogP contribution is 2.18. The second-order valence-electron chi connectivity index (χ2n) is 3.41. The Morgan fingerprint density at radius 2 is 1.82 bits per heavy atom. The number of rotatable bonds is 6. The summed E-state index contributed by atoms with van der Waals surface area (Å²) in [6.45, 7) is 5.39. The molecule has 0 saturated carbocycles. The van der Waals surface area contributed by atoms with Crippen molar-refractivity contribution in [2.24, 2.45) is 11.7 Å². The Balaban J connectivity index is 3.35. The third kappa shape index (κ3) is 6.70. The van der Waals surface area contributed by atoms with Gasteiger partial charge in [-0.05, 0) is 38.0 Å². The summed E-state index contributed by atoms with van der Waals surface area (Å²) in [5, 5.41) is 0.794. The molecule has 0 bridgehead atoms. The van der Waals surface area contributed by atoms with E-state index in [9.17, 15) is 0 Å². The van der Waals surface area contributed by atoms with Crippen LogP contribution in [0.25, 0.3) is 0 Å². The molecule has 0 aromatic heterocycles. The molecule has 1 nitrogen and oxygen atoms in total. The number of nitrogens with two attached hydrogens (primary N) is 1. The van der Waals surface area contributed by atoms with Crippen molar-refractivity contribution in [3.63, 3.8) is 0 Å². The van der Waals surface area contributed by atoms with Gasteiger partial charge in [0.05, 0.1) is 0 Å². The van der Waals surface area contributed by atoms with Crippen molar-refractivity contribution >= 4 is 11.8 Å². The summed E-state index contributed by atoms with van der Waals surface area (Å²) in [5.74, 6) is 0.836. The maximum Gasteiger partial charge on any atom is 0.00563 e.